The summed E-state index contributed by atoms with van der Waals surface area (Å²) in [5, 5.41) is 7.01. The molecular formula is C11H13N3O3S. The van der Waals surface area contributed by atoms with Crippen molar-refractivity contribution >= 4 is 22.4 Å². The number of carbonyl (C=O) groups excluding carboxylic acids is 1. The van der Waals surface area contributed by atoms with Crippen LogP contribution in [0, 0.1) is 6.92 Å². The van der Waals surface area contributed by atoms with E-state index >= 15 is 0 Å². The number of hydrogen-bond donors (Lipinski definition) is 1. The van der Waals surface area contributed by atoms with Crippen molar-refractivity contribution in [1.29, 1.82) is 0 Å². The van der Waals surface area contributed by atoms with E-state index in [1.807, 2.05) is 6.92 Å². The van der Waals surface area contributed by atoms with Crippen LogP contribution in [0.1, 0.15) is 17.1 Å². The molecule has 7 heteroatoms. The van der Waals surface area contributed by atoms with E-state index in [-0.39, 0.29) is 5.91 Å². The number of anilines is 1. The van der Waals surface area contributed by atoms with E-state index in [4.69, 9.17) is 9.26 Å². The fourth-order valence-corrected chi connectivity index (χ4v) is 2.02. The van der Waals surface area contributed by atoms with Gasteiger partial charge in [-0.3, -0.25) is 4.79 Å². The summed E-state index contributed by atoms with van der Waals surface area (Å²) in [4.78, 5) is 16.8. The Morgan fingerprint density at radius 1 is 1.61 bits per heavy atom. The Balaban J connectivity index is 1.81. The summed E-state index contributed by atoms with van der Waals surface area (Å²) in [6.07, 6.45) is 2.52. The van der Waals surface area contributed by atoms with Crippen molar-refractivity contribution < 1.29 is 14.1 Å². The van der Waals surface area contributed by atoms with Crippen molar-refractivity contribution in [1.82, 2.24) is 10.1 Å². The number of hydrogen-bond acceptors (Lipinski definition) is 6. The van der Waals surface area contributed by atoms with Gasteiger partial charge in [-0.2, -0.15) is 0 Å². The largest absolute Gasteiger partial charge is 0.479 e. The quantitative estimate of drug-likeness (QED) is 0.896. The van der Waals surface area contributed by atoms with Gasteiger partial charge in [0.25, 0.3) is 5.88 Å². The molecule has 6 nitrogen and oxygen atoms in total. The van der Waals surface area contributed by atoms with Crippen LogP contribution >= 0.6 is 11.3 Å². The van der Waals surface area contributed by atoms with Gasteiger partial charge in [0.1, 0.15) is 5.76 Å². The lowest BCUT2D eigenvalue weighted by atomic mass is 10.2. The second kappa shape index (κ2) is 5.63. The molecule has 18 heavy (non-hydrogen) atoms. The van der Waals surface area contributed by atoms with E-state index in [0.29, 0.717) is 29.6 Å². The van der Waals surface area contributed by atoms with Crippen molar-refractivity contribution in [3.8, 4) is 5.88 Å². The molecule has 1 N–H and O–H groups in total. The molecule has 1 amide bonds. The zero-order valence-corrected chi connectivity index (χ0v) is 10.9. The average molecular weight is 267 g/mol. The Bertz CT molecular complexity index is 535. The topological polar surface area (TPSA) is 77.2 Å². The molecule has 0 spiro atoms. The number of aryl methyl sites for hydroxylation is 2. The van der Waals surface area contributed by atoms with Crippen LogP contribution in [-0.2, 0) is 11.2 Å². The third kappa shape index (κ3) is 3.30. The second-order valence-electron chi connectivity index (χ2n) is 3.66. The van der Waals surface area contributed by atoms with Crippen LogP contribution in [0.4, 0.5) is 5.13 Å². The molecule has 0 saturated heterocycles. The maximum absolute atomic E-state index is 11.6. The van der Waals surface area contributed by atoms with Gasteiger partial charge in [0.05, 0.1) is 7.11 Å². The summed E-state index contributed by atoms with van der Waals surface area (Å²) in [6, 6.07) is 1.67. The molecule has 2 rings (SSSR count). The molecule has 0 aromatic carbocycles. The summed E-state index contributed by atoms with van der Waals surface area (Å²) in [7, 11) is 1.51. The van der Waals surface area contributed by atoms with Gasteiger partial charge in [0.2, 0.25) is 5.91 Å². The number of nitrogens with one attached hydrogen (secondary N) is 1. The van der Waals surface area contributed by atoms with Crippen molar-refractivity contribution in [3.63, 3.8) is 0 Å². The SMILES string of the molecule is COc1cc(CCC(=O)Nc2ncc(C)s2)on1. The number of amides is 1. The van der Waals surface area contributed by atoms with Crippen LogP contribution in [0.2, 0.25) is 0 Å². The van der Waals surface area contributed by atoms with Gasteiger partial charge < -0.3 is 14.6 Å². The van der Waals surface area contributed by atoms with E-state index in [2.05, 4.69) is 15.5 Å². The Hall–Kier alpha value is -1.89. The third-order valence-electron chi connectivity index (χ3n) is 2.21. The van der Waals surface area contributed by atoms with Gasteiger partial charge in [-0.15, -0.1) is 11.3 Å². The normalized spacial score (nSPS) is 10.3. The Morgan fingerprint density at radius 3 is 3.06 bits per heavy atom. The average Bonchev–Trinajstić information content (AvgIpc) is 2.95. The van der Waals surface area contributed by atoms with Gasteiger partial charge in [0.15, 0.2) is 5.13 Å². The van der Waals surface area contributed by atoms with Crippen molar-refractivity contribution in [2.24, 2.45) is 0 Å². The fourth-order valence-electron chi connectivity index (χ4n) is 1.34. The first-order chi connectivity index (χ1) is 8.67. The highest BCUT2D eigenvalue weighted by atomic mass is 32.1. The lowest BCUT2D eigenvalue weighted by molar-refractivity contribution is -0.116. The number of rotatable bonds is 5. The molecule has 0 aliphatic carbocycles. The maximum Gasteiger partial charge on any atom is 0.254 e. The van der Waals surface area contributed by atoms with Crippen LogP contribution in [0.3, 0.4) is 0 Å². The zero-order chi connectivity index (χ0) is 13.0. The lowest BCUT2D eigenvalue weighted by Crippen LogP contribution is -2.11. The fraction of sp³-hybridized carbons (Fsp3) is 0.364. The molecule has 0 aliphatic heterocycles. The van der Waals surface area contributed by atoms with Gasteiger partial charge in [0, 0.05) is 30.0 Å². The minimum Gasteiger partial charge on any atom is -0.479 e. The standard InChI is InChI=1S/C11H13N3O3S/c1-7-6-12-11(18-7)13-9(15)4-3-8-5-10(16-2)14-17-8/h5-6H,3-4H2,1-2H3,(H,12,13,15). The molecule has 2 aromatic heterocycles. The van der Waals surface area contributed by atoms with Crippen LogP contribution in [-0.4, -0.2) is 23.2 Å². The Kier molecular flexibility index (Phi) is 3.93. The Labute approximate surface area is 108 Å². The molecule has 0 saturated carbocycles. The molecule has 0 unspecified atom stereocenters. The minimum atomic E-state index is -0.0975. The van der Waals surface area contributed by atoms with Crippen LogP contribution in [0.25, 0.3) is 0 Å². The number of nitrogens with zero attached hydrogens (tertiary/aromatic N) is 2. The van der Waals surface area contributed by atoms with E-state index in [1.54, 1.807) is 12.3 Å². The molecule has 0 aliphatic rings. The van der Waals surface area contributed by atoms with Crippen molar-refractivity contribution in [2.45, 2.75) is 19.8 Å². The van der Waals surface area contributed by atoms with Crippen LogP contribution in [0.5, 0.6) is 5.88 Å². The molecule has 2 heterocycles. The van der Waals surface area contributed by atoms with Crippen LogP contribution in [0.15, 0.2) is 16.8 Å². The molecule has 0 bridgehead atoms. The van der Waals surface area contributed by atoms with E-state index in [1.165, 1.54) is 18.4 Å². The van der Waals surface area contributed by atoms with Gasteiger partial charge in [-0.25, -0.2) is 4.98 Å². The summed E-state index contributed by atoms with van der Waals surface area (Å²) in [6.45, 7) is 1.94. The summed E-state index contributed by atoms with van der Waals surface area (Å²) in [5.74, 6) is 0.943. The molecule has 2 aromatic rings. The number of aromatic nitrogens is 2. The molecule has 96 valence electrons. The number of methoxy groups -OCH3 is 1. The first-order valence-corrected chi connectivity index (χ1v) is 6.21. The molecule has 0 fully saturated rings. The van der Waals surface area contributed by atoms with Gasteiger partial charge in [-0.05, 0) is 12.1 Å². The zero-order valence-electron chi connectivity index (χ0n) is 10.1. The molecular weight excluding hydrogens is 254 g/mol. The van der Waals surface area contributed by atoms with Crippen molar-refractivity contribution in [3.05, 3.63) is 22.9 Å². The number of ether oxygens (including phenoxy) is 1. The van der Waals surface area contributed by atoms with Gasteiger partial charge >= 0.3 is 0 Å². The second-order valence-corrected chi connectivity index (χ2v) is 4.89. The predicted molar refractivity (Wildman–Crippen MR) is 66.9 cm³/mol. The van der Waals surface area contributed by atoms with Crippen LogP contribution < -0.4 is 10.1 Å². The third-order valence-corrected chi connectivity index (χ3v) is 3.04. The molecule has 0 atom stereocenters. The smallest absolute Gasteiger partial charge is 0.254 e. The van der Waals surface area contributed by atoms with Crippen molar-refractivity contribution in [2.75, 3.05) is 12.4 Å². The minimum absolute atomic E-state index is 0.0975. The lowest BCUT2D eigenvalue weighted by Gasteiger charge is -1.98. The summed E-state index contributed by atoms with van der Waals surface area (Å²) >= 11 is 1.45. The monoisotopic (exact) mass is 267 g/mol. The van der Waals surface area contributed by atoms with E-state index in [0.717, 1.165) is 4.88 Å². The number of thiazole rings is 1. The number of carbonyl (C=O) groups is 1. The highest BCUT2D eigenvalue weighted by Crippen LogP contribution is 2.17. The first kappa shape index (κ1) is 12.6. The predicted octanol–water partition coefficient (Wildman–Crippen LogP) is 2.02. The first-order valence-electron chi connectivity index (χ1n) is 5.39. The maximum atomic E-state index is 11.6. The molecule has 0 radical (unpaired) electrons. The highest BCUT2D eigenvalue weighted by molar-refractivity contribution is 7.15. The highest BCUT2D eigenvalue weighted by Gasteiger charge is 2.09. The Morgan fingerprint density at radius 2 is 2.44 bits per heavy atom. The van der Waals surface area contributed by atoms with Gasteiger partial charge in [-0.1, -0.05) is 0 Å². The summed E-state index contributed by atoms with van der Waals surface area (Å²) < 4.78 is 9.88. The summed E-state index contributed by atoms with van der Waals surface area (Å²) in [5.41, 5.74) is 0. The van der Waals surface area contributed by atoms with E-state index in [9.17, 15) is 4.79 Å². The van der Waals surface area contributed by atoms with E-state index < -0.39 is 0 Å².